The van der Waals surface area contributed by atoms with Crippen molar-refractivity contribution in [1.82, 2.24) is 10.2 Å². The van der Waals surface area contributed by atoms with Crippen LogP contribution in [0.15, 0.2) is 114 Å². The molecule has 4 rings (SSSR count). The normalized spacial score (nSPS) is 12.5. The minimum atomic E-state index is -4.18. The Hall–Kier alpha value is -4.34. The minimum absolute atomic E-state index is 0.0354. The summed E-state index contributed by atoms with van der Waals surface area (Å²) in [5.41, 5.74) is 1.03. The quantitative estimate of drug-likeness (QED) is 0.158. The molecule has 0 fully saturated rings. The van der Waals surface area contributed by atoms with Gasteiger partial charge in [0.1, 0.15) is 24.1 Å². The smallest absolute Gasteiger partial charge is 0.264 e. The van der Waals surface area contributed by atoms with Gasteiger partial charge in [0, 0.05) is 17.6 Å². The molecule has 0 saturated carbocycles. The van der Waals surface area contributed by atoms with Crippen LogP contribution in [0.4, 0.5) is 5.69 Å². The fraction of sp³-hybridized carbons (Fsp3) is 0.257. The standard InChI is InChI=1S/C35H38ClN3O5S/c1-4-26(3)37-35(41)33(5-2)38(24-27-16-18-28(36)19-17-27)34(40)25-39(45(42,43)32-14-10-7-11-15-32)29-20-22-31(23-21-29)44-30-12-8-6-9-13-30/h6-23,26,33H,4-5,24-25H2,1-3H3,(H,37,41)/t26-,33+/m0/s1. The third-order valence-corrected chi connectivity index (χ3v) is 9.41. The maximum Gasteiger partial charge on any atom is 0.264 e. The van der Waals surface area contributed by atoms with Crippen molar-refractivity contribution in [2.24, 2.45) is 0 Å². The second-order valence-electron chi connectivity index (χ2n) is 10.6. The van der Waals surface area contributed by atoms with Gasteiger partial charge in [0.2, 0.25) is 11.8 Å². The number of benzene rings is 4. The summed E-state index contributed by atoms with van der Waals surface area (Å²) in [6, 6.07) is 29.7. The molecule has 0 heterocycles. The molecule has 8 nitrogen and oxygen atoms in total. The molecule has 0 aliphatic rings. The molecule has 0 unspecified atom stereocenters. The van der Waals surface area contributed by atoms with Crippen LogP contribution < -0.4 is 14.4 Å². The molecule has 236 valence electrons. The first kappa shape index (κ1) is 33.6. The van der Waals surface area contributed by atoms with Gasteiger partial charge in [-0.25, -0.2) is 8.42 Å². The highest BCUT2D eigenvalue weighted by atomic mass is 35.5. The predicted octanol–water partition coefficient (Wildman–Crippen LogP) is 7.05. The molecular formula is C35H38ClN3O5S. The average Bonchev–Trinajstić information content (AvgIpc) is 3.05. The van der Waals surface area contributed by atoms with Crippen LogP contribution in [0.3, 0.4) is 0 Å². The fourth-order valence-electron chi connectivity index (χ4n) is 4.70. The first-order valence-electron chi connectivity index (χ1n) is 14.9. The summed E-state index contributed by atoms with van der Waals surface area (Å²) >= 11 is 6.10. The van der Waals surface area contributed by atoms with Crippen LogP contribution in [0.25, 0.3) is 0 Å². The SMILES string of the molecule is CC[C@H](C(=O)N[C@@H](C)CC)N(Cc1ccc(Cl)cc1)C(=O)CN(c1ccc(Oc2ccccc2)cc1)S(=O)(=O)c1ccccc1. The summed E-state index contributed by atoms with van der Waals surface area (Å²) in [5, 5.41) is 3.52. The zero-order valence-corrected chi connectivity index (χ0v) is 27.2. The Balaban J connectivity index is 1.71. The number of hydrogen-bond acceptors (Lipinski definition) is 5. The third kappa shape index (κ3) is 8.86. The Morgan fingerprint density at radius 3 is 1.96 bits per heavy atom. The van der Waals surface area contributed by atoms with E-state index in [4.69, 9.17) is 16.3 Å². The van der Waals surface area contributed by atoms with Crippen molar-refractivity contribution in [2.45, 2.75) is 57.1 Å². The zero-order valence-electron chi connectivity index (χ0n) is 25.6. The molecule has 4 aromatic rings. The minimum Gasteiger partial charge on any atom is -0.457 e. The van der Waals surface area contributed by atoms with Crippen LogP contribution >= 0.6 is 11.6 Å². The van der Waals surface area contributed by atoms with E-state index in [1.807, 2.05) is 51.1 Å². The van der Waals surface area contributed by atoms with Crippen molar-refractivity contribution in [3.05, 3.63) is 120 Å². The van der Waals surface area contributed by atoms with Crippen molar-refractivity contribution in [3.8, 4) is 11.5 Å². The molecule has 0 aliphatic heterocycles. The predicted molar refractivity (Wildman–Crippen MR) is 178 cm³/mol. The van der Waals surface area contributed by atoms with Crippen LogP contribution in [0, 0.1) is 0 Å². The maximum absolute atomic E-state index is 14.2. The molecule has 0 radical (unpaired) electrons. The summed E-state index contributed by atoms with van der Waals surface area (Å²) in [6.45, 7) is 5.25. The highest BCUT2D eigenvalue weighted by Crippen LogP contribution is 2.29. The molecule has 1 N–H and O–H groups in total. The van der Waals surface area contributed by atoms with E-state index >= 15 is 0 Å². The first-order chi connectivity index (χ1) is 21.6. The summed E-state index contributed by atoms with van der Waals surface area (Å²) in [7, 11) is -4.18. The molecule has 0 bridgehead atoms. The lowest BCUT2D eigenvalue weighted by Gasteiger charge is -2.33. The van der Waals surface area contributed by atoms with Crippen molar-refractivity contribution < 1.29 is 22.7 Å². The number of nitrogens with zero attached hydrogens (tertiary/aromatic N) is 2. The molecule has 10 heteroatoms. The van der Waals surface area contributed by atoms with Crippen molar-refractivity contribution >= 4 is 39.1 Å². The number of ether oxygens (including phenoxy) is 1. The second kappa shape index (κ2) is 15.6. The average molecular weight is 648 g/mol. The van der Waals surface area contributed by atoms with Crippen molar-refractivity contribution in [1.29, 1.82) is 0 Å². The van der Waals surface area contributed by atoms with E-state index in [0.29, 0.717) is 22.9 Å². The molecular weight excluding hydrogens is 610 g/mol. The Bertz CT molecular complexity index is 1650. The molecule has 0 aliphatic carbocycles. The number of anilines is 1. The van der Waals surface area contributed by atoms with Crippen molar-refractivity contribution in [3.63, 3.8) is 0 Å². The Morgan fingerprint density at radius 2 is 1.38 bits per heavy atom. The van der Waals surface area contributed by atoms with E-state index < -0.39 is 28.5 Å². The number of nitrogens with one attached hydrogen (secondary N) is 1. The van der Waals surface area contributed by atoms with Gasteiger partial charge in [0.15, 0.2) is 0 Å². The Kier molecular flexibility index (Phi) is 11.6. The van der Waals surface area contributed by atoms with Crippen LogP contribution in [0.2, 0.25) is 5.02 Å². The van der Waals surface area contributed by atoms with Gasteiger partial charge >= 0.3 is 0 Å². The summed E-state index contributed by atoms with van der Waals surface area (Å²) in [6.07, 6.45) is 1.05. The van der Waals surface area contributed by atoms with Gasteiger partial charge in [-0.3, -0.25) is 13.9 Å². The van der Waals surface area contributed by atoms with E-state index in [-0.39, 0.29) is 29.1 Å². The lowest BCUT2D eigenvalue weighted by molar-refractivity contribution is -0.140. The lowest BCUT2D eigenvalue weighted by Crippen LogP contribution is -2.53. The van der Waals surface area contributed by atoms with Crippen LogP contribution in [-0.4, -0.2) is 43.8 Å². The zero-order chi connectivity index (χ0) is 32.4. The van der Waals surface area contributed by atoms with E-state index in [9.17, 15) is 18.0 Å². The van der Waals surface area contributed by atoms with Gasteiger partial charge in [0.05, 0.1) is 10.6 Å². The van der Waals surface area contributed by atoms with E-state index in [2.05, 4.69) is 5.32 Å². The topological polar surface area (TPSA) is 96.0 Å². The summed E-state index contributed by atoms with van der Waals surface area (Å²) in [5.74, 6) is 0.313. The molecule has 45 heavy (non-hydrogen) atoms. The number of carbonyl (C=O) groups excluding carboxylic acids is 2. The number of hydrogen-bond donors (Lipinski definition) is 1. The second-order valence-corrected chi connectivity index (χ2v) is 12.9. The third-order valence-electron chi connectivity index (χ3n) is 7.37. The number of sulfonamides is 1. The lowest BCUT2D eigenvalue weighted by atomic mass is 10.1. The molecule has 2 atom stereocenters. The number of para-hydroxylation sites is 1. The number of rotatable bonds is 14. The van der Waals surface area contributed by atoms with E-state index in [1.54, 1.807) is 66.7 Å². The van der Waals surface area contributed by atoms with Crippen LogP contribution in [0.5, 0.6) is 11.5 Å². The van der Waals surface area contributed by atoms with Crippen LogP contribution in [-0.2, 0) is 26.2 Å². The van der Waals surface area contributed by atoms with Gasteiger partial charge in [-0.05, 0) is 86.0 Å². The van der Waals surface area contributed by atoms with Gasteiger partial charge in [-0.15, -0.1) is 0 Å². The summed E-state index contributed by atoms with van der Waals surface area (Å²) < 4.78 is 35.1. The largest absolute Gasteiger partial charge is 0.457 e. The highest BCUT2D eigenvalue weighted by molar-refractivity contribution is 7.92. The molecule has 0 spiro atoms. The Morgan fingerprint density at radius 1 is 0.800 bits per heavy atom. The van der Waals surface area contributed by atoms with Gasteiger partial charge in [-0.1, -0.05) is 74.0 Å². The van der Waals surface area contributed by atoms with Gasteiger partial charge in [-0.2, -0.15) is 0 Å². The fourth-order valence-corrected chi connectivity index (χ4v) is 6.26. The number of halogens is 1. The van der Waals surface area contributed by atoms with Gasteiger partial charge in [0.25, 0.3) is 10.0 Å². The summed E-state index contributed by atoms with van der Waals surface area (Å²) in [4.78, 5) is 29.1. The highest BCUT2D eigenvalue weighted by Gasteiger charge is 2.34. The van der Waals surface area contributed by atoms with Gasteiger partial charge < -0.3 is 15.0 Å². The number of amides is 2. The van der Waals surface area contributed by atoms with Crippen molar-refractivity contribution in [2.75, 3.05) is 10.8 Å². The number of carbonyl (C=O) groups is 2. The van der Waals surface area contributed by atoms with E-state index in [0.717, 1.165) is 16.3 Å². The van der Waals surface area contributed by atoms with E-state index in [1.165, 1.54) is 17.0 Å². The molecule has 0 saturated heterocycles. The maximum atomic E-state index is 14.2. The molecule has 4 aromatic carbocycles. The Labute approximate surface area is 270 Å². The first-order valence-corrected chi connectivity index (χ1v) is 16.7. The van der Waals surface area contributed by atoms with Crippen LogP contribution in [0.1, 0.15) is 39.2 Å². The molecule has 2 amide bonds. The molecule has 0 aromatic heterocycles. The monoisotopic (exact) mass is 647 g/mol.